The summed E-state index contributed by atoms with van der Waals surface area (Å²) in [6.07, 6.45) is -2.52. The lowest BCUT2D eigenvalue weighted by molar-refractivity contribution is -0.137. The molecule has 1 aromatic heterocycles. The lowest BCUT2D eigenvalue weighted by Crippen LogP contribution is -2.14. The van der Waals surface area contributed by atoms with Gasteiger partial charge in [0, 0.05) is 17.8 Å². The molecule has 0 aliphatic rings. The Balaban J connectivity index is 2.10. The number of esters is 1. The molecule has 1 aromatic carbocycles. The number of benzene rings is 1. The normalized spacial score (nSPS) is 11.7. The van der Waals surface area contributed by atoms with E-state index < -0.39 is 23.9 Å². The molecule has 0 atom stereocenters. The quantitative estimate of drug-likeness (QED) is 0.404. The average Bonchev–Trinajstić information content (AvgIpc) is 3.12. The van der Waals surface area contributed by atoms with Crippen LogP contribution in [0.15, 0.2) is 30.6 Å². The molecular weight excluding hydrogens is 395 g/mol. The number of nitrogens with zero attached hydrogens (tertiary/aromatic N) is 3. The third-order valence-electron chi connectivity index (χ3n) is 3.32. The van der Waals surface area contributed by atoms with Crippen LogP contribution >= 0.6 is 0 Å². The third-order valence-corrected chi connectivity index (χ3v) is 3.32. The Morgan fingerprint density at radius 3 is 2.59 bits per heavy atom. The summed E-state index contributed by atoms with van der Waals surface area (Å²) in [6.45, 7) is 3.73. The third kappa shape index (κ3) is 6.63. The summed E-state index contributed by atoms with van der Waals surface area (Å²) in [5.74, 6) is -0.957. The second kappa shape index (κ2) is 9.22. The van der Waals surface area contributed by atoms with E-state index in [1.165, 1.54) is 19.5 Å². The summed E-state index contributed by atoms with van der Waals surface area (Å²) in [6, 6.07) is 3.08. The van der Waals surface area contributed by atoms with Crippen LogP contribution in [-0.4, -0.2) is 40.6 Å². The molecule has 0 saturated heterocycles. The highest BCUT2D eigenvalue weighted by atomic mass is 19.4. The number of aromatic nitrogens is 3. The fraction of sp³-hybridized carbons (Fsp3) is 0.333. The van der Waals surface area contributed by atoms with E-state index in [0.717, 1.165) is 29.1 Å². The molecule has 0 aliphatic heterocycles. The molecule has 0 unspecified atom stereocenters. The molecule has 2 aromatic rings. The van der Waals surface area contributed by atoms with E-state index in [0.29, 0.717) is 0 Å². The summed E-state index contributed by atoms with van der Waals surface area (Å²) in [5.41, 5.74) is -0.842. The summed E-state index contributed by atoms with van der Waals surface area (Å²) in [7, 11) is 1.24. The molecule has 8 nitrogen and oxygen atoms in total. The number of carbonyl (C=O) groups excluding carboxylic acids is 2. The zero-order valence-electron chi connectivity index (χ0n) is 15.8. The maximum absolute atomic E-state index is 13.0. The summed E-state index contributed by atoms with van der Waals surface area (Å²) >= 11 is 0. The highest BCUT2D eigenvalue weighted by molar-refractivity contribution is 5.91. The standard InChI is InChI=1S/C18H18F3N3O5/c1-11(2)9-28-17(26)29-15(25)4-5-24-10-22-16(23-24)12-6-13(18(19,20)21)8-14(7-12)27-3/h4-8,10-11H,9H2,1-3H3. The van der Waals surface area contributed by atoms with Crippen LogP contribution in [0.4, 0.5) is 18.0 Å². The predicted octanol–water partition coefficient (Wildman–Crippen LogP) is 3.78. The molecule has 11 heteroatoms. The van der Waals surface area contributed by atoms with Gasteiger partial charge in [-0.2, -0.15) is 13.2 Å². The van der Waals surface area contributed by atoms with Gasteiger partial charge in [0.05, 0.1) is 19.3 Å². The number of ether oxygens (including phenoxy) is 3. The first kappa shape index (κ1) is 21.9. The van der Waals surface area contributed by atoms with Crippen LogP contribution < -0.4 is 4.74 Å². The van der Waals surface area contributed by atoms with E-state index in [9.17, 15) is 22.8 Å². The van der Waals surface area contributed by atoms with Crippen LogP contribution in [-0.2, 0) is 20.4 Å². The van der Waals surface area contributed by atoms with E-state index in [2.05, 4.69) is 14.8 Å². The van der Waals surface area contributed by atoms with Crippen LogP contribution in [0.2, 0.25) is 0 Å². The number of rotatable bonds is 6. The minimum atomic E-state index is -4.57. The van der Waals surface area contributed by atoms with Crippen molar-refractivity contribution in [3.05, 3.63) is 36.2 Å². The first-order chi connectivity index (χ1) is 13.6. The molecule has 0 spiro atoms. The van der Waals surface area contributed by atoms with Gasteiger partial charge in [0.2, 0.25) is 0 Å². The van der Waals surface area contributed by atoms with Gasteiger partial charge >= 0.3 is 18.3 Å². The Kier molecular flexibility index (Phi) is 6.97. The lowest BCUT2D eigenvalue weighted by Gasteiger charge is -2.10. The van der Waals surface area contributed by atoms with Crippen LogP contribution in [0.5, 0.6) is 5.75 Å². The van der Waals surface area contributed by atoms with Gasteiger partial charge in [-0.3, -0.25) is 0 Å². The van der Waals surface area contributed by atoms with Gasteiger partial charge < -0.3 is 14.2 Å². The predicted molar refractivity (Wildman–Crippen MR) is 94.6 cm³/mol. The minimum Gasteiger partial charge on any atom is -0.497 e. The Bertz CT molecular complexity index is 906. The van der Waals surface area contributed by atoms with Crippen LogP contribution in [0.3, 0.4) is 0 Å². The van der Waals surface area contributed by atoms with Crippen LogP contribution in [0, 0.1) is 5.92 Å². The number of hydrogen-bond donors (Lipinski definition) is 0. The number of hydrogen-bond acceptors (Lipinski definition) is 7. The summed E-state index contributed by atoms with van der Waals surface area (Å²) < 4.78 is 54.1. The van der Waals surface area contributed by atoms with Crippen molar-refractivity contribution in [1.82, 2.24) is 14.8 Å². The highest BCUT2D eigenvalue weighted by Gasteiger charge is 2.31. The average molecular weight is 413 g/mol. The highest BCUT2D eigenvalue weighted by Crippen LogP contribution is 2.34. The monoisotopic (exact) mass is 413 g/mol. The van der Waals surface area contributed by atoms with Gasteiger partial charge in [-0.15, -0.1) is 5.10 Å². The number of alkyl halides is 3. The second-order valence-corrected chi connectivity index (χ2v) is 6.19. The first-order valence-electron chi connectivity index (χ1n) is 8.33. The van der Waals surface area contributed by atoms with Crippen molar-refractivity contribution >= 4 is 18.3 Å². The van der Waals surface area contributed by atoms with Gasteiger partial charge in [0.1, 0.15) is 12.1 Å². The zero-order valence-corrected chi connectivity index (χ0v) is 15.8. The van der Waals surface area contributed by atoms with Crippen molar-refractivity contribution < 1.29 is 37.0 Å². The molecule has 0 N–H and O–H groups in total. The van der Waals surface area contributed by atoms with Crippen molar-refractivity contribution in [2.75, 3.05) is 13.7 Å². The number of halogens is 3. The smallest absolute Gasteiger partial charge is 0.497 e. The fourth-order valence-corrected chi connectivity index (χ4v) is 2.01. The van der Waals surface area contributed by atoms with Crippen LogP contribution in [0.25, 0.3) is 17.6 Å². The molecule has 0 saturated carbocycles. The Labute approximate surface area is 163 Å². The largest absolute Gasteiger partial charge is 0.516 e. The molecule has 0 bridgehead atoms. The van der Waals surface area contributed by atoms with Crippen molar-refractivity contribution in [3.8, 4) is 17.1 Å². The summed E-state index contributed by atoms with van der Waals surface area (Å²) in [5, 5.41) is 3.96. The molecule has 0 radical (unpaired) electrons. The van der Waals surface area contributed by atoms with E-state index >= 15 is 0 Å². The lowest BCUT2D eigenvalue weighted by atomic mass is 10.1. The van der Waals surface area contributed by atoms with E-state index in [-0.39, 0.29) is 29.7 Å². The topological polar surface area (TPSA) is 92.5 Å². The number of methoxy groups -OCH3 is 1. The Morgan fingerprint density at radius 2 is 1.97 bits per heavy atom. The van der Waals surface area contributed by atoms with E-state index in [1.807, 2.05) is 13.8 Å². The number of carbonyl (C=O) groups is 2. The molecule has 1 heterocycles. The van der Waals surface area contributed by atoms with Crippen molar-refractivity contribution in [1.29, 1.82) is 0 Å². The van der Waals surface area contributed by atoms with Crippen molar-refractivity contribution in [2.45, 2.75) is 20.0 Å². The van der Waals surface area contributed by atoms with Crippen molar-refractivity contribution in [3.63, 3.8) is 0 Å². The Morgan fingerprint density at radius 1 is 1.24 bits per heavy atom. The van der Waals surface area contributed by atoms with Crippen molar-refractivity contribution in [2.24, 2.45) is 5.92 Å². The minimum absolute atomic E-state index is 0.00907. The van der Waals surface area contributed by atoms with E-state index in [4.69, 9.17) is 9.47 Å². The molecule has 0 fully saturated rings. The molecule has 0 aliphatic carbocycles. The van der Waals surface area contributed by atoms with Gasteiger partial charge in [-0.1, -0.05) is 13.8 Å². The van der Waals surface area contributed by atoms with E-state index in [1.54, 1.807) is 0 Å². The maximum Gasteiger partial charge on any atom is 0.516 e. The molecule has 29 heavy (non-hydrogen) atoms. The second-order valence-electron chi connectivity index (χ2n) is 6.19. The first-order valence-corrected chi connectivity index (χ1v) is 8.33. The maximum atomic E-state index is 13.0. The van der Waals surface area contributed by atoms with Gasteiger partial charge in [0.15, 0.2) is 5.82 Å². The molecule has 0 amide bonds. The summed E-state index contributed by atoms with van der Waals surface area (Å²) in [4.78, 5) is 26.8. The molecule has 2 rings (SSSR count). The zero-order chi connectivity index (χ0) is 21.6. The van der Waals surface area contributed by atoms with Crippen LogP contribution in [0.1, 0.15) is 19.4 Å². The SMILES string of the molecule is COc1cc(-c2ncn(C=CC(=O)OC(=O)OCC(C)C)n2)cc(C(F)(F)F)c1. The fourth-order valence-electron chi connectivity index (χ4n) is 2.01. The molecular formula is C18H18F3N3O5. The van der Waals surface area contributed by atoms with Gasteiger partial charge in [0.25, 0.3) is 0 Å². The Hall–Kier alpha value is -3.37. The molecule has 156 valence electrons. The van der Waals surface area contributed by atoms with Gasteiger partial charge in [-0.05, 0) is 24.1 Å². The van der Waals surface area contributed by atoms with Gasteiger partial charge in [-0.25, -0.2) is 19.3 Å².